The molecule has 0 fully saturated rings. The van der Waals surface area contributed by atoms with Crippen LogP contribution in [0.15, 0.2) is 12.4 Å². The van der Waals surface area contributed by atoms with Crippen molar-refractivity contribution in [2.45, 2.75) is 25.7 Å². The zero-order valence-electron chi connectivity index (χ0n) is 15.2. The van der Waals surface area contributed by atoms with Crippen LogP contribution in [-0.2, 0) is 19.3 Å². The quantitative estimate of drug-likeness (QED) is 0.611. The first kappa shape index (κ1) is 18.9. The number of aromatic nitrogens is 4. The Hall–Kier alpha value is -3.14. The van der Waals surface area contributed by atoms with Gasteiger partial charge in [-0.25, -0.2) is 23.1 Å². The van der Waals surface area contributed by atoms with Crippen LogP contribution in [0.3, 0.4) is 0 Å². The number of nitrogens with zero attached hydrogens (tertiary/aromatic N) is 3. The third kappa shape index (κ3) is 2.90. The maximum absolute atomic E-state index is 15.4. The number of pyridine rings is 1. The second-order valence-corrected chi connectivity index (χ2v) is 7.26. The number of carbonyl (C=O) groups excluding carboxylic acids is 1. The number of hydrogen-bond acceptors (Lipinski definition) is 5. The van der Waals surface area contributed by atoms with Crippen LogP contribution in [0.1, 0.15) is 39.2 Å². The monoisotopic (exact) mass is 435 g/mol. The predicted molar refractivity (Wildman–Crippen MR) is 99.5 cm³/mol. The van der Waals surface area contributed by atoms with Gasteiger partial charge in [-0.1, -0.05) is 0 Å². The number of halogens is 4. The molecule has 0 radical (unpaired) electrons. The molecule has 0 spiro atoms. The van der Waals surface area contributed by atoms with E-state index in [2.05, 4.69) is 25.3 Å². The molecule has 7 nitrogen and oxygen atoms in total. The van der Waals surface area contributed by atoms with E-state index in [4.69, 9.17) is 16.3 Å². The van der Waals surface area contributed by atoms with Crippen LogP contribution in [0.2, 0.25) is 5.28 Å². The molecular formula is C19H13ClF3N5O2. The molecule has 0 saturated heterocycles. The Morgan fingerprint density at radius 2 is 1.93 bits per heavy atom. The van der Waals surface area contributed by atoms with Crippen molar-refractivity contribution in [1.82, 2.24) is 25.3 Å². The number of fused-ring (bicyclic) bond motifs is 5. The number of amides is 1. The molecule has 1 aliphatic carbocycles. The third-order valence-corrected chi connectivity index (χ3v) is 5.39. The van der Waals surface area contributed by atoms with Gasteiger partial charge in [0.05, 0.1) is 16.8 Å². The molecule has 0 atom stereocenters. The number of nitrogens with one attached hydrogen (secondary N) is 2. The second kappa shape index (κ2) is 6.98. The number of carbonyl (C=O) groups is 1. The molecule has 0 aromatic carbocycles. The minimum absolute atomic E-state index is 0.194. The summed E-state index contributed by atoms with van der Waals surface area (Å²) < 4.78 is 47.2. The fourth-order valence-electron chi connectivity index (χ4n) is 3.88. The van der Waals surface area contributed by atoms with Crippen molar-refractivity contribution in [3.05, 3.63) is 51.4 Å². The van der Waals surface area contributed by atoms with Crippen molar-refractivity contribution < 1.29 is 22.7 Å². The number of aromatic amines is 1. The van der Waals surface area contributed by atoms with Crippen LogP contribution < -0.4 is 10.1 Å². The van der Waals surface area contributed by atoms with Gasteiger partial charge in [-0.3, -0.25) is 4.79 Å². The van der Waals surface area contributed by atoms with Crippen LogP contribution in [-0.4, -0.2) is 32.4 Å². The molecule has 3 aromatic rings. The lowest BCUT2D eigenvalue weighted by Gasteiger charge is -2.19. The Morgan fingerprint density at radius 3 is 2.73 bits per heavy atom. The highest BCUT2D eigenvalue weighted by molar-refractivity contribution is 6.28. The first-order chi connectivity index (χ1) is 14.4. The molecule has 11 heteroatoms. The Morgan fingerprint density at radius 1 is 1.10 bits per heavy atom. The van der Waals surface area contributed by atoms with E-state index in [1.807, 2.05) is 0 Å². The highest BCUT2D eigenvalue weighted by Gasteiger charge is 2.32. The lowest BCUT2D eigenvalue weighted by atomic mass is 9.88. The average Bonchev–Trinajstić information content (AvgIpc) is 3.09. The molecule has 0 unspecified atom stereocenters. The molecular weight excluding hydrogens is 423 g/mol. The van der Waals surface area contributed by atoms with Crippen LogP contribution in [0, 0.1) is 5.82 Å². The van der Waals surface area contributed by atoms with Gasteiger partial charge >= 0.3 is 0 Å². The van der Waals surface area contributed by atoms with Gasteiger partial charge in [0.25, 0.3) is 18.2 Å². The molecule has 2 aliphatic rings. The number of alkyl halides is 2. The third-order valence-electron chi connectivity index (χ3n) is 5.21. The fourth-order valence-corrected chi connectivity index (χ4v) is 4.01. The largest absolute Gasteiger partial charge is 0.417 e. The number of ether oxygens (including phenoxy) is 1. The summed E-state index contributed by atoms with van der Waals surface area (Å²) in [6.07, 6.45) is 0.948. The molecule has 1 aliphatic heterocycles. The predicted octanol–water partition coefficient (Wildman–Crippen LogP) is 3.77. The van der Waals surface area contributed by atoms with Crippen molar-refractivity contribution in [2.24, 2.45) is 0 Å². The normalized spacial score (nSPS) is 14.8. The van der Waals surface area contributed by atoms with Crippen molar-refractivity contribution in [2.75, 3.05) is 6.54 Å². The van der Waals surface area contributed by atoms with E-state index in [1.165, 1.54) is 6.20 Å². The number of H-pyrrole nitrogens is 1. The maximum Gasteiger partial charge on any atom is 0.270 e. The van der Waals surface area contributed by atoms with E-state index in [0.717, 1.165) is 17.5 Å². The zero-order valence-corrected chi connectivity index (χ0v) is 16.0. The van der Waals surface area contributed by atoms with Gasteiger partial charge in [0.15, 0.2) is 5.82 Å². The summed E-state index contributed by atoms with van der Waals surface area (Å²) in [6, 6.07) is 0. The SMILES string of the molecule is O=C1NCCc2[nH]c3c(c21)CCc1cnc(Oc2nc(Cl)ncc2C(F)F)c(F)c1-3. The standard InChI is InChI=1S/C19H13ClF3N5O2/c20-19-26-6-9(15(22)23)17(28-19)30-18-13(21)11-7(5-25-18)1-2-8-12-10(27-14(8)11)3-4-24-16(12)29/h5-6,15,27H,1-4H2,(H,24,29). The smallest absolute Gasteiger partial charge is 0.270 e. The van der Waals surface area contributed by atoms with E-state index in [-0.39, 0.29) is 16.8 Å². The number of hydrogen-bond donors (Lipinski definition) is 2. The summed E-state index contributed by atoms with van der Waals surface area (Å²) in [5, 5.41) is 2.47. The summed E-state index contributed by atoms with van der Waals surface area (Å²) in [4.78, 5) is 26.5. The Labute approximate surface area is 172 Å². The molecule has 4 heterocycles. The number of aryl methyl sites for hydroxylation is 1. The Balaban J connectivity index is 1.62. The molecule has 0 bridgehead atoms. The number of rotatable bonds is 3. The van der Waals surface area contributed by atoms with Gasteiger partial charge in [-0.15, -0.1) is 0 Å². The second-order valence-electron chi connectivity index (χ2n) is 6.92. The van der Waals surface area contributed by atoms with Crippen molar-refractivity contribution >= 4 is 17.5 Å². The Bertz CT molecular complexity index is 1200. The van der Waals surface area contributed by atoms with Gasteiger partial charge in [0.1, 0.15) is 0 Å². The zero-order chi connectivity index (χ0) is 21.0. The van der Waals surface area contributed by atoms with Gasteiger partial charge in [0.2, 0.25) is 11.2 Å². The lowest BCUT2D eigenvalue weighted by Crippen LogP contribution is -2.32. The van der Waals surface area contributed by atoms with Crippen LogP contribution >= 0.6 is 11.6 Å². The minimum Gasteiger partial charge on any atom is -0.417 e. The van der Waals surface area contributed by atoms with E-state index in [0.29, 0.717) is 42.6 Å². The molecule has 30 heavy (non-hydrogen) atoms. The first-order valence-corrected chi connectivity index (χ1v) is 9.50. The summed E-state index contributed by atoms with van der Waals surface area (Å²) in [5.74, 6) is -2.12. The van der Waals surface area contributed by atoms with E-state index in [1.54, 1.807) is 0 Å². The molecule has 5 rings (SSSR count). The van der Waals surface area contributed by atoms with Crippen molar-refractivity contribution in [3.63, 3.8) is 0 Å². The van der Waals surface area contributed by atoms with E-state index < -0.39 is 29.6 Å². The van der Waals surface area contributed by atoms with Crippen molar-refractivity contribution in [1.29, 1.82) is 0 Å². The van der Waals surface area contributed by atoms with Gasteiger partial charge in [-0.05, 0) is 35.6 Å². The fraction of sp³-hybridized carbons (Fsp3) is 0.263. The minimum atomic E-state index is -2.95. The van der Waals surface area contributed by atoms with Gasteiger partial charge in [-0.2, -0.15) is 4.98 Å². The topological polar surface area (TPSA) is 92.8 Å². The first-order valence-electron chi connectivity index (χ1n) is 9.12. The average molecular weight is 436 g/mol. The Kier molecular flexibility index (Phi) is 4.39. The molecule has 154 valence electrons. The van der Waals surface area contributed by atoms with Gasteiger partial charge in [0, 0.05) is 36.6 Å². The molecule has 1 amide bonds. The highest BCUT2D eigenvalue weighted by atomic mass is 35.5. The maximum atomic E-state index is 15.4. The van der Waals surface area contributed by atoms with Crippen LogP contribution in [0.25, 0.3) is 11.3 Å². The lowest BCUT2D eigenvalue weighted by molar-refractivity contribution is 0.0945. The van der Waals surface area contributed by atoms with Crippen molar-refractivity contribution in [3.8, 4) is 23.0 Å². The summed E-state index contributed by atoms with van der Waals surface area (Å²) >= 11 is 5.68. The molecule has 3 aromatic heterocycles. The summed E-state index contributed by atoms with van der Waals surface area (Å²) in [5.41, 5.74) is 2.71. The molecule has 2 N–H and O–H groups in total. The van der Waals surface area contributed by atoms with E-state index in [9.17, 15) is 13.6 Å². The van der Waals surface area contributed by atoms with Crippen LogP contribution in [0.4, 0.5) is 13.2 Å². The van der Waals surface area contributed by atoms with E-state index >= 15 is 4.39 Å². The van der Waals surface area contributed by atoms with Crippen LogP contribution in [0.5, 0.6) is 11.8 Å². The summed E-state index contributed by atoms with van der Waals surface area (Å²) in [7, 11) is 0. The summed E-state index contributed by atoms with van der Waals surface area (Å²) in [6.45, 7) is 0.496. The highest BCUT2D eigenvalue weighted by Crippen LogP contribution is 2.41. The van der Waals surface area contributed by atoms with Gasteiger partial charge < -0.3 is 15.0 Å². The molecule has 0 saturated carbocycles.